The predicted octanol–water partition coefficient (Wildman–Crippen LogP) is 11.1. The number of rotatable bonds is 0. The molecule has 3 heterocycles. The minimum absolute atomic E-state index is 0.885. The van der Waals surface area contributed by atoms with Gasteiger partial charge >= 0.3 is 0 Å². The Morgan fingerprint density at radius 2 is 0.878 bits per heavy atom. The van der Waals surface area contributed by atoms with E-state index in [1.807, 2.05) is 55.4 Å². The Labute approximate surface area is 253 Å². The average Bonchev–Trinajstić information content (AvgIpc) is 3.06. The van der Waals surface area contributed by atoms with E-state index in [1.54, 1.807) is 0 Å². The van der Waals surface area contributed by atoms with Crippen molar-refractivity contribution < 1.29 is 14.2 Å². The van der Waals surface area contributed by atoms with Gasteiger partial charge in [0.1, 0.15) is 17.2 Å². The fraction of sp³-hybridized carbons (Fsp3) is 0.526. The van der Waals surface area contributed by atoms with Crippen LogP contribution in [0.25, 0.3) is 0 Å². The number of aryl methyl sites for hydroxylation is 5. The zero-order valence-corrected chi connectivity index (χ0v) is 28.3. The Bertz CT molecular complexity index is 1010. The van der Waals surface area contributed by atoms with Gasteiger partial charge < -0.3 is 14.2 Å². The number of hydrogen-bond acceptors (Lipinski definition) is 3. The Morgan fingerprint density at radius 1 is 0.463 bits per heavy atom. The molecule has 0 saturated heterocycles. The normalized spacial score (nSPS) is 13.0. The maximum Gasteiger partial charge on any atom is 0.122 e. The van der Waals surface area contributed by atoms with Crippen molar-refractivity contribution >= 4 is 0 Å². The molecule has 0 aromatic heterocycles. The molecule has 3 aliphatic heterocycles. The topological polar surface area (TPSA) is 27.7 Å². The van der Waals surface area contributed by atoms with E-state index in [1.165, 1.54) is 52.6 Å². The Kier molecular flexibility index (Phi) is 22.0. The summed E-state index contributed by atoms with van der Waals surface area (Å²) in [4.78, 5) is 0. The molecular formula is C38H60O3. The maximum absolute atomic E-state index is 5.50. The maximum atomic E-state index is 5.50. The molecular weight excluding hydrogens is 504 g/mol. The third-order valence-corrected chi connectivity index (χ3v) is 6.32. The SMILES string of the molecule is CC.CC.CC.CC.Cc1ccc2c(c1)CCCO2.Cc1ccc2c(c1)CCCO2.Cc1cccc2c1CCCO2. The van der Waals surface area contributed by atoms with Crippen LogP contribution in [0.1, 0.15) is 108 Å². The van der Waals surface area contributed by atoms with Crippen LogP contribution in [0, 0.1) is 20.8 Å². The zero-order chi connectivity index (χ0) is 31.0. The third kappa shape index (κ3) is 13.5. The fourth-order valence-corrected chi connectivity index (χ4v) is 4.54. The first kappa shape index (κ1) is 38.1. The minimum atomic E-state index is 0.885. The van der Waals surface area contributed by atoms with E-state index < -0.39 is 0 Å². The largest absolute Gasteiger partial charge is 0.493 e. The molecule has 6 rings (SSSR count). The monoisotopic (exact) mass is 564 g/mol. The van der Waals surface area contributed by atoms with Crippen molar-refractivity contribution in [2.75, 3.05) is 19.8 Å². The molecule has 0 unspecified atom stereocenters. The molecule has 230 valence electrons. The van der Waals surface area contributed by atoms with Gasteiger partial charge in [-0.1, -0.05) is 103 Å². The molecule has 0 N–H and O–H groups in total. The Balaban J connectivity index is 0.000000521. The molecule has 3 heteroatoms. The Hall–Kier alpha value is -2.94. The molecule has 0 radical (unpaired) electrons. The van der Waals surface area contributed by atoms with Crippen molar-refractivity contribution in [3.05, 3.63) is 88.0 Å². The molecule has 0 amide bonds. The second kappa shape index (κ2) is 23.7. The zero-order valence-electron chi connectivity index (χ0n) is 28.3. The second-order valence-electron chi connectivity index (χ2n) is 9.13. The minimum Gasteiger partial charge on any atom is -0.493 e. The average molecular weight is 565 g/mol. The van der Waals surface area contributed by atoms with E-state index in [9.17, 15) is 0 Å². The molecule has 0 atom stereocenters. The third-order valence-electron chi connectivity index (χ3n) is 6.32. The van der Waals surface area contributed by atoms with Crippen molar-refractivity contribution in [3.63, 3.8) is 0 Å². The van der Waals surface area contributed by atoms with Crippen LogP contribution in [0.2, 0.25) is 0 Å². The molecule has 3 nitrogen and oxygen atoms in total. The van der Waals surface area contributed by atoms with Crippen LogP contribution < -0.4 is 14.2 Å². The van der Waals surface area contributed by atoms with Crippen LogP contribution in [0.3, 0.4) is 0 Å². The first-order valence-electron chi connectivity index (χ1n) is 16.3. The molecule has 3 aromatic rings. The number of hydrogen-bond donors (Lipinski definition) is 0. The summed E-state index contributed by atoms with van der Waals surface area (Å²) in [5.41, 5.74) is 8.16. The summed E-state index contributed by atoms with van der Waals surface area (Å²) in [5, 5.41) is 0. The number of ether oxygens (including phenoxy) is 3. The van der Waals surface area contributed by atoms with Crippen LogP contribution >= 0.6 is 0 Å². The van der Waals surface area contributed by atoms with Crippen molar-refractivity contribution in [1.29, 1.82) is 0 Å². The second-order valence-corrected chi connectivity index (χ2v) is 9.13. The molecule has 0 saturated carbocycles. The van der Waals surface area contributed by atoms with Crippen molar-refractivity contribution in [3.8, 4) is 17.2 Å². The van der Waals surface area contributed by atoms with E-state index >= 15 is 0 Å². The first-order valence-corrected chi connectivity index (χ1v) is 16.3. The summed E-state index contributed by atoms with van der Waals surface area (Å²) in [5.74, 6) is 3.26. The van der Waals surface area contributed by atoms with Crippen LogP contribution in [-0.2, 0) is 19.3 Å². The standard InChI is InChI=1S/3C10H12O.4C2H6/c1-8-4-2-6-10-9(8)5-3-7-11-10;2*1-8-4-5-10-9(7-8)3-2-6-11-10;4*1-2/h2,4,6H,3,5,7H2,1H3;2*4-5,7H,2-3,6H2,1H3;4*1-2H3. The van der Waals surface area contributed by atoms with Crippen molar-refractivity contribution in [2.24, 2.45) is 0 Å². The first-order chi connectivity index (χ1) is 20.1. The lowest BCUT2D eigenvalue weighted by Crippen LogP contribution is -2.09. The summed E-state index contributed by atoms with van der Waals surface area (Å²) in [6, 6.07) is 19.0. The fourth-order valence-electron chi connectivity index (χ4n) is 4.54. The van der Waals surface area contributed by atoms with Gasteiger partial charge in [0.25, 0.3) is 0 Å². The highest BCUT2D eigenvalue weighted by Crippen LogP contribution is 2.27. The van der Waals surface area contributed by atoms with Gasteiger partial charge in [-0.2, -0.15) is 0 Å². The van der Waals surface area contributed by atoms with Gasteiger partial charge in [-0.25, -0.2) is 0 Å². The molecule has 3 aromatic carbocycles. The molecule has 0 bridgehead atoms. The van der Waals surface area contributed by atoms with Gasteiger partial charge in [0.2, 0.25) is 0 Å². The van der Waals surface area contributed by atoms with Crippen LogP contribution in [0.15, 0.2) is 54.6 Å². The molecule has 0 aliphatic carbocycles. The van der Waals surface area contributed by atoms with Crippen LogP contribution in [0.5, 0.6) is 17.2 Å². The lowest BCUT2D eigenvalue weighted by Gasteiger charge is -2.18. The van der Waals surface area contributed by atoms with Gasteiger partial charge in [-0.05, 0) is 99.7 Å². The number of benzene rings is 3. The quantitative estimate of drug-likeness (QED) is 0.272. The van der Waals surface area contributed by atoms with Gasteiger partial charge in [0.05, 0.1) is 19.8 Å². The van der Waals surface area contributed by atoms with E-state index in [2.05, 4.69) is 75.4 Å². The highest BCUT2D eigenvalue weighted by molar-refractivity contribution is 5.41. The summed E-state index contributed by atoms with van der Waals surface area (Å²) < 4.78 is 16.5. The smallest absolute Gasteiger partial charge is 0.122 e. The molecule has 3 aliphatic rings. The van der Waals surface area contributed by atoms with Crippen molar-refractivity contribution in [1.82, 2.24) is 0 Å². The Morgan fingerprint density at radius 3 is 1.32 bits per heavy atom. The lowest BCUT2D eigenvalue weighted by molar-refractivity contribution is 0.288. The van der Waals surface area contributed by atoms with E-state index in [0.29, 0.717) is 0 Å². The van der Waals surface area contributed by atoms with Gasteiger partial charge in [0, 0.05) is 0 Å². The predicted molar refractivity (Wildman–Crippen MR) is 180 cm³/mol. The molecule has 41 heavy (non-hydrogen) atoms. The van der Waals surface area contributed by atoms with E-state index in [-0.39, 0.29) is 0 Å². The summed E-state index contributed by atoms with van der Waals surface area (Å²) in [6.07, 6.45) is 7.03. The van der Waals surface area contributed by atoms with E-state index in [4.69, 9.17) is 14.2 Å². The summed E-state index contributed by atoms with van der Waals surface area (Å²) >= 11 is 0. The van der Waals surface area contributed by atoms with E-state index in [0.717, 1.165) is 56.3 Å². The van der Waals surface area contributed by atoms with Gasteiger partial charge in [0.15, 0.2) is 0 Å². The summed E-state index contributed by atoms with van der Waals surface area (Å²) in [7, 11) is 0. The molecule has 0 fully saturated rings. The highest BCUT2D eigenvalue weighted by atomic mass is 16.5. The van der Waals surface area contributed by atoms with Gasteiger partial charge in [-0.15, -0.1) is 0 Å². The van der Waals surface area contributed by atoms with Crippen LogP contribution in [-0.4, -0.2) is 19.8 Å². The lowest BCUT2D eigenvalue weighted by atomic mass is 10.0. The summed E-state index contributed by atoms with van der Waals surface area (Å²) in [6.45, 7) is 25.0. The molecule has 0 spiro atoms. The number of fused-ring (bicyclic) bond motifs is 3. The van der Waals surface area contributed by atoms with Crippen LogP contribution in [0.4, 0.5) is 0 Å². The van der Waals surface area contributed by atoms with Gasteiger partial charge in [-0.3, -0.25) is 0 Å². The highest BCUT2D eigenvalue weighted by Gasteiger charge is 2.11. The van der Waals surface area contributed by atoms with Crippen molar-refractivity contribution in [2.45, 2.75) is 115 Å².